The van der Waals surface area contributed by atoms with Gasteiger partial charge in [0.15, 0.2) is 4.96 Å². The van der Waals surface area contributed by atoms with Crippen molar-refractivity contribution in [3.05, 3.63) is 68.1 Å². The third-order valence-electron chi connectivity index (χ3n) is 3.83. The van der Waals surface area contributed by atoms with Crippen LogP contribution in [-0.4, -0.2) is 20.5 Å². The van der Waals surface area contributed by atoms with Gasteiger partial charge in [0.25, 0.3) is 5.56 Å². The molecule has 0 amide bonds. The van der Waals surface area contributed by atoms with Gasteiger partial charge in [0.2, 0.25) is 0 Å². The van der Waals surface area contributed by atoms with Crippen LogP contribution in [0.15, 0.2) is 35.3 Å². The van der Waals surface area contributed by atoms with Crippen molar-refractivity contribution in [3.63, 3.8) is 0 Å². The monoisotopic (exact) mass is 340 g/mol. The second-order valence-electron chi connectivity index (χ2n) is 5.38. The van der Waals surface area contributed by atoms with Crippen molar-refractivity contribution < 1.29 is 9.90 Å². The van der Waals surface area contributed by atoms with E-state index in [9.17, 15) is 9.59 Å². The van der Waals surface area contributed by atoms with Crippen LogP contribution in [0.4, 0.5) is 0 Å². The highest BCUT2D eigenvalue weighted by molar-refractivity contribution is 7.18. The molecule has 1 aromatic carbocycles. The molecule has 0 saturated heterocycles. The number of hydrogen-bond donors (Lipinski definition) is 1. The number of aromatic nitrogens is 2. The Balaban J connectivity index is 2.15. The molecule has 2 heterocycles. The number of aromatic carboxylic acids is 1. The number of carboxylic acids is 1. The van der Waals surface area contributed by atoms with Crippen LogP contribution in [0.25, 0.3) is 17.1 Å². The van der Waals surface area contributed by atoms with Crippen LogP contribution in [0.1, 0.15) is 39.0 Å². The number of nitrogens with zero attached hydrogens (tertiary/aromatic N) is 2. The molecule has 5 nitrogen and oxygen atoms in total. The molecule has 122 valence electrons. The van der Waals surface area contributed by atoms with Gasteiger partial charge in [0, 0.05) is 11.8 Å². The Bertz CT molecular complexity index is 1010. The van der Waals surface area contributed by atoms with Crippen LogP contribution in [0.5, 0.6) is 0 Å². The Morgan fingerprint density at radius 1 is 1.33 bits per heavy atom. The first-order valence-corrected chi connectivity index (χ1v) is 8.35. The number of carbonyl (C=O) groups is 1. The molecule has 0 aliphatic heterocycles. The van der Waals surface area contributed by atoms with Gasteiger partial charge >= 0.3 is 5.97 Å². The number of fused-ring (bicyclic) bond motifs is 1. The van der Waals surface area contributed by atoms with E-state index in [1.807, 2.05) is 50.3 Å². The summed E-state index contributed by atoms with van der Waals surface area (Å²) < 4.78 is 1.32. The van der Waals surface area contributed by atoms with Crippen LogP contribution in [0.2, 0.25) is 0 Å². The average Bonchev–Trinajstić information content (AvgIpc) is 2.99. The van der Waals surface area contributed by atoms with Crippen molar-refractivity contribution in [2.45, 2.75) is 20.3 Å². The fourth-order valence-corrected chi connectivity index (χ4v) is 3.33. The average molecular weight is 340 g/mol. The van der Waals surface area contributed by atoms with Gasteiger partial charge < -0.3 is 5.11 Å². The molecule has 0 fully saturated rings. The molecule has 0 spiro atoms. The number of benzene rings is 1. The topological polar surface area (TPSA) is 71.7 Å². The second kappa shape index (κ2) is 6.41. The molecule has 24 heavy (non-hydrogen) atoms. The first kappa shape index (κ1) is 16.1. The Labute approximate surface area is 142 Å². The molecule has 3 aromatic rings. The highest BCUT2D eigenvalue weighted by Crippen LogP contribution is 2.18. The van der Waals surface area contributed by atoms with Crippen molar-refractivity contribution in [2.24, 2.45) is 0 Å². The minimum Gasteiger partial charge on any atom is -0.477 e. The molecule has 0 radical (unpaired) electrons. The second-order valence-corrected chi connectivity index (χ2v) is 6.39. The Hall–Kier alpha value is -2.73. The van der Waals surface area contributed by atoms with E-state index in [4.69, 9.17) is 5.11 Å². The first-order valence-electron chi connectivity index (χ1n) is 7.53. The van der Waals surface area contributed by atoms with Crippen molar-refractivity contribution in [2.75, 3.05) is 0 Å². The van der Waals surface area contributed by atoms with Gasteiger partial charge in [-0.05, 0) is 30.5 Å². The molecule has 2 aromatic heterocycles. The third-order valence-corrected chi connectivity index (χ3v) is 4.80. The number of carboxylic acid groups (broad SMARTS) is 1. The molecule has 0 aliphatic rings. The van der Waals surface area contributed by atoms with Gasteiger partial charge in [0.05, 0.1) is 5.69 Å². The fourth-order valence-electron chi connectivity index (χ4n) is 2.51. The lowest BCUT2D eigenvalue weighted by atomic mass is 10.1. The van der Waals surface area contributed by atoms with E-state index < -0.39 is 5.97 Å². The molecule has 0 aliphatic carbocycles. The van der Waals surface area contributed by atoms with Crippen LogP contribution in [0, 0.1) is 6.92 Å². The lowest BCUT2D eigenvalue weighted by molar-refractivity contribution is 0.0701. The summed E-state index contributed by atoms with van der Waals surface area (Å²) in [4.78, 5) is 28.7. The Kier molecular flexibility index (Phi) is 4.31. The zero-order valence-corrected chi connectivity index (χ0v) is 14.1. The Morgan fingerprint density at radius 2 is 2.08 bits per heavy atom. The number of hydrogen-bond acceptors (Lipinski definition) is 4. The fraction of sp³-hybridized carbons (Fsp3) is 0.167. The SMILES string of the molecule is CCc1c(C=Cc2ccccc2C)nc2sc(C(=O)O)cn2c1=O. The van der Waals surface area contributed by atoms with E-state index >= 15 is 0 Å². The van der Waals surface area contributed by atoms with Crippen LogP contribution in [-0.2, 0) is 6.42 Å². The minimum absolute atomic E-state index is 0.0988. The first-order chi connectivity index (χ1) is 11.5. The standard InChI is InChI=1S/C18H16N2O3S/c1-3-13-14(9-8-12-7-5-4-6-11(12)2)19-18-20(16(13)21)10-15(24-18)17(22)23/h4-10H,3H2,1-2H3,(H,22,23). The molecule has 0 atom stereocenters. The van der Waals surface area contributed by atoms with E-state index in [-0.39, 0.29) is 10.4 Å². The summed E-state index contributed by atoms with van der Waals surface area (Å²) in [7, 11) is 0. The molecular weight excluding hydrogens is 324 g/mol. The quantitative estimate of drug-likeness (QED) is 0.789. The largest absolute Gasteiger partial charge is 0.477 e. The number of rotatable bonds is 4. The molecule has 6 heteroatoms. The summed E-state index contributed by atoms with van der Waals surface area (Å²) in [5, 5.41) is 9.11. The zero-order chi connectivity index (χ0) is 17.3. The maximum absolute atomic E-state index is 12.6. The summed E-state index contributed by atoms with van der Waals surface area (Å²) in [6.45, 7) is 3.91. The van der Waals surface area contributed by atoms with Gasteiger partial charge in [0.1, 0.15) is 4.88 Å². The summed E-state index contributed by atoms with van der Waals surface area (Å²) in [6.07, 6.45) is 5.62. The predicted octanol–water partition coefficient (Wildman–Crippen LogP) is 3.50. The Morgan fingerprint density at radius 3 is 2.75 bits per heavy atom. The third kappa shape index (κ3) is 2.88. The summed E-state index contributed by atoms with van der Waals surface area (Å²) in [5.41, 5.74) is 3.14. The van der Waals surface area contributed by atoms with E-state index in [1.54, 1.807) is 0 Å². The molecule has 0 bridgehead atoms. The molecule has 3 rings (SSSR count). The van der Waals surface area contributed by atoms with Gasteiger partial charge in [-0.2, -0.15) is 0 Å². The van der Waals surface area contributed by atoms with Crippen molar-refractivity contribution in [1.82, 2.24) is 9.38 Å². The smallest absolute Gasteiger partial charge is 0.347 e. The maximum atomic E-state index is 12.6. The predicted molar refractivity (Wildman–Crippen MR) is 95.8 cm³/mol. The van der Waals surface area contributed by atoms with Crippen molar-refractivity contribution in [1.29, 1.82) is 0 Å². The lowest BCUT2D eigenvalue weighted by Crippen LogP contribution is -2.19. The van der Waals surface area contributed by atoms with E-state index in [1.165, 1.54) is 10.6 Å². The summed E-state index contributed by atoms with van der Waals surface area (Å²) >= 11 is 0.996. The van der Waals surface area contributed by atoms with Crippen molar-refractivity contribution >= 4 is 34.4 Å². The highest BCUT2D eigenvalue weighted by atomic mass is 32.1. The van der Waals surface area contributed by atoms with Crippen LogP contribution < -0.4 is 5.56 Å². The van der Waals surface area contributed by atoms with Gasteiger partial charge in [-0.3, -0.25) is 9.20 Å². The lowest BCUT2D eigenvalue weighted by Gasteiger charge is -2.04. The zero-order valence-electron chi connectivity index (χ0n) is 13.3. The van der Waals surface area contributed by atoms with Crippen LogP contribution >= 0.6 is 11.3 Å². The van der Waals surface area contributed by atoms with Crippen LogP contribution in [0.3, 0.4) is 0 Å². The van der Waals surface area contributed by atoms with Crippen molar-refractivity contribution in [3.8, 4) is 0 Å². The van der Waals surface area contributed by atoms with Gasteiger partial charge in [-0.15, -0.1) is 0 Å². The minimum atomic E-state index is -1.06. The normalized spacial score (nSPS) is 11.4. The van der Waals surface area contributed by atoms with Gasteiger partial charge in [-0.25, -0.2) is 9.78 Å². The van der Waals surface area contributed by atoms with E-state index in [0.717, 1.165) is 22.5 Å². The highest BCUT2D eigenvalue weighted by Gasteiger charge is 2.15. The molecule has 0 unspecified atom stereocenters. The van der Waals surface area contributed by atoms with E-state index in [0.29, 0.717) is 22.6 Å². The van der Waals surface area contributed by atoms with Gasteiger partial charge in [-0.1, -0.05) is 48.6 Å². The number of thiazole rings is 1. The molecular formula is C18H16N2O3S. The maximum Gasteiger partial charge on any atom is 0.347 e. The summed E-state index contributed by atoms with van der Waals surface area (Å²) in [6, 6.07) is 7.94. The summed E-state index contributed by atoms with van der Waals surface area (Å²) in [5.74, 6) is -1.06. The molecule has 1 N–H and O–H groups in total. The van der Waals surface area contributed by atoms with E-state index in [2.05, 4.69) is 4.98 Å². The molecule has 0 saturated carbocycles. The number of aryl methyl sites for hydroxylation is 1.